The van der Waals surface area contributed by atoms with Gasteiger partial charge in [-0.3, -0.25) is 0 Å². The number of carbonyl (C=O) groups is 1. The zero-order chi connectivity index (χ0) is 15.2. The molecule has 2 amide bonds. The molecule has 1 heterocycles. The molecule has 2 aromatic rings. The van der Waals surface area contributed by atoms with Crippen LogP contribution in [0.5, 0.6) is 0 Å². The highest BCUT2D eigenvalue weighted by atomic mass is 16.4. The van der Waals surface area contributed by atoms with Crippen molar-refractivity contribution >= 4 is 6.03 Å². The number of hydrogen-bond acceptors (Lipinski definition) is 3. The van der Waals surface area contributed by atoms with E-state index >= 15 is 0 Å². The summed E-state index contributed by atoms with van der Waals surface area (Å²) < 4.78 is 5.65. The summed E-state index contributed by atoms with van der Waals surface area (Å²) in [4.78, 5) is 16.0. The predicted molar refractivity (Wildman–Crippen MR) is 82.1 cm³/mol. The third-order valence-electron chi connectivity index (χ3n) is 2.91. The highest BCUT2D eigenvalue weighted by molar-refractivity contribution is 5.74. The minimum absolute atomic E-state index is 0.123. The summed E-state index contributed by atoms with van der Waals surface area (Å²) in [5, 5.41) is 5.60. The van der Waals surface area contributed by atoms with Crippen molar-refractivity contribution in [3.05, 3.63) is 42.0 Å². The van der Waals surface area contributed by atoms with Gasteiger partial charge in [0.05, 0.1) is 0 Å². The van der Waals surface area contributed by atoms with Crippen molar-refractivity contribution in [2.75, 3.05) is 6.54 Å². The second-order valence-corrected chi connectivity index (χ2v) is 5.18. The molecule has 1 aromatic heterocycles. The fraction of sp³-hybridized carbons (Fsp3) is 0.375. The van der Waals surface area contributed by atoms with Crippen molar-refractivity contribution < 1.29 is 9.21 Å². The summed E-state index contributed by atoms with van der Waals surface area (Å²) in [6, 6.07) is 9.86. The van der Waals surface area contributed by atoms with E-state index in [-0.39, 0.29) is 12.1 Å². The van der Waals surface area contributed by atoms with Crippen LogP contribution in [0.1, 0.15) is 25.5 Å². The molecule has 0 atom stereocenters. The molecular formula is C16H21N3O2. The molecule has 0 fully saturated rings. The van der Waals surface area contributed by atoms with Crippen LogP contribution in [0.25, 0.3) is 11.3 Å². The molecule has 21 heavy (non-hydrogen) atoms. The number of carbonyl (C=O) groups excluding carboxylic acids is 1. The maximum atomic E-state index is 11.5. The van der Waals surface area contributed by atoms with E-state index in [4.69, 9.17) is 4.42 Å². The predicted octanol–water partition coefficient (Wildman–Crippen LogP) is 2.90. The maximum Gasteiger partial charge on any atom is 0.314 e. The number of amides is 2. The number of aryl methyl sites for hydroxylation is 1. The Balaban J connectivity index is 2.00. The summed E-state index contributed by atoms with van der Waals surface area (Å²) in [7, 11) is 0. The minimum Gasteiger partial charge on any atom is -0.445 e. The number of benzene rings is 1. The Morgan fingerprint density at radius 3 is 2.67 bits per heavy atom. The molecular weight excluding hydrogens is 266 g/mol. The van der Waals surface area contributed by atoms with Crippen molar-refractivity contribution in [3.8, 4) is 11.3 Å². The number of urea groups is 1. The minimum atomic E-state index is -0.164. The number of oxazole rings is 1. The standard InChI is InChI=1S/C16H21N3O2/c1-11(2)18-16(20)17-10-9-14-15(19-12(3)21-14)13-7-5-4-6-8-13/h4-8,11H,9-10H2,1-3H3,(H2,17,18,20). The lowest BCUT2D eigenvalue weighted by Gasteiger charge is -2.09. The second-order valence-electron chi connectivity index (χ2n) is 5.18. The summed E-state index contributed by atoms with van der Waals surface area (Å²) in [6.07, 6.45) is 0.608. The van der Waals surface area contributed by atoms with E-state index in [0.29, 0.717) is 18.9 Å². The number of aromatic nitrogens is 1. The van der Waals surface area contributed by atoms with Gasteiger partial charge in [-0.05, 0) is 13.8 Å². The van der Waals surface area contributed by atoms with Gasteiger partial charge in [0.15, 0.2) is 5.89 Å². The van der Waals surface area contributed by atoms with Gasteiger partial charge in [0, 0.05) is 31.5 Å². The number of rotatable bonds is 5. The summed E-state index contributed by atoms with van der Waals surface area (Å²) in [5.41, 5.74) is 1.87. The van der Waals surface area contributed by atoms with Crippen LogP contribution in [0.3, 0.4) is 0 Å². The molecule has 5 heteroatoms. The highest BCUT2D eigenvalue weighted by Gasteiger charge is 2.13. The first-order valence-corrected chi connectivity index (χ1v) is 7.12. The van der Waals surface area contributed by atoms with Crippen LogP contribution in [-0.2, 0) is 6.42 Å². The van der Waals surface area contributed by atoms with E-state index in [1.807, 2.05) is 51.1 Å². The Kier molecular flexibility index (Phi) is 4.98. The Bertz CT molecular complexity index is 591. The molecule has 0 aliphatic carbocycles. The van der Waals surface area contributed by atoms with Crippen LogP contribution in [0.2, 0.25) is 0 Å². The monoisotopic (exact) mass is 287 g/mol. The topological polar surface area (TPSA) is 67.2 Å². The molecule has 2 rings (SSSR count). The van der Waals surface area contributed by atoms with Gasteiger partial charge in [0.1, 0.15) is 11.5 Å². The Morgan fingerprint density at radius 1 is 1.29 bits per heavy atom. The van der Waals surface area contributed by atoms with Crippen molar-refractivity contribution in [3.63, 3.8) is 0 Å². The normalized spacial score (nSPS) is 10.7. The van der Waals surface area contributed by atoms with Gasteiger partial charge in [0.2, 0.25) is 0 Å². The molecule has 0 saturated heterocycles. The van der Waals surface area contributed by atoms with Crippen LogP contribution in [0.4, 0.5) is 4.79 Å². The molecule has 0 radical (unpaired) electrons. The van der Waals surface area contributed by atoms with E-state index in [1.54, 1.807) is 0 Å². The first kappa shape index (κ1) is 15.1. The van der Waals surface area contributed by atoms with Crippen LogP contribution in [0, 0.1) is 6.92 Å². The average Bonchev–Trinajstić information content (AvgIpc) is 2.80. The maximum absolute atomic E-state index is 11.5. The van der Waals surface area contributed by atoms with Gasteiger partial charge in [0.25, 0.3) is 0 Å². The Labute approximate surface area is 124 Å². The van der Waals surface area contributed by atoms with Gasteiger partial charge in [-0.15, -0.1) is 0 Å². The summed E-state index contributed by atoms with van der Waals surface area (Å²) in [6.45, 7) is 6.18. The Morgan fingerprint density at radius 2 is 2.00 bits per heavy atom. The third-order valence-corrected chi connectivity index (χ3v) is 2.91. The highest BCUT2D eigenvalue weighted by Crippen LogP contribution is 2.23. The SMILES string of the molecule is Cc1nc(-c2ccccc2)c(CCNC(=O)NC(C)C)o1. The molecule has 1 aromatic carbocycles. The van der Waals surface area contributed by atoms with Crippen LogP contribution < -0.4 is 10.6 Å². The third kappa shape index (κ3) is 4.34. The molecule has 112 valence electrons. The van der Waals surface area contributed by atoms with Gasteiger partial charge < -0.3 is 15.1 Å². The first-order chi connectivity index (χ1) is 10.1. The van der Waals surface area contributed by atoms with Crippen LogP contribution in [-0.4, -0.2) is 23.6 Å². The van der Waals surface area contributed by atoms with Gasteiger partial charge in [-0.1, -0.05) is 30.3 Å². The van der Waals surface area contributed by atoms with E-state index in [9.17, 15) is 4.79 Å². The summed E-state index contributed by atoms with van der Waals surface area (Å²) >= 11 is 0. The zero-order valence-electron chi connectivity index (χ0n) is 12.6. The van der Waals surface area contributed by atoms with Crippen molar-refractivity contribution in [2.24, 2.45) is 0 Å². The Hall–Kier alpha value is -2.30. The summed E-state index contributed by atoms with van der Waals surface area (Å²) in [5.74, 6) is 1.43. The number of nitrogens with zero attached hydrogens (tertiary/aromatic N) is 1. The zero-order valence-corrected chi connectivity index (χ0v) is 12.6. The molecule has 0 saturated carbocycles. The fourth-order valence-electron chi connectivity index (χ4n) is 2.06. The van der Waals surface area contributed by atoms with E-state index in [0.717, 1.165) is 17.0 Å². The van der Waals surface area contributed by atoms with Crippen molar-refractivity contribution in [2.45, 2.75) is 33.2 Å². The quantitative estimate of drug-likeness (QED) is 0.888. The van der Waals surface area contributed by atoms with E-state index < -0.39 is 0 Å². The second kappa shape index (κ2) is 6.92. The van der Waals surface area contributed by atoms with Crippen LogP contribution in [0.15, 0.2) is 34.7 Å². The first-order valence-electron chi connectivity index (χ1n) is 7.12. The van der Waals surface area contributed by atoms with E-state index in [2.05, 4.69) is 15.6 Å². The molecule has 0 aliphatic rings. The molecule has 5 nitrogen and oxygen atoms in total. The fourth-order valence-corrected chi connectivity index (χ4v) is 2.06. The number of nitrogens with one attached hydrogen (secondary N) is 2. The molecule has 0 bridgehead atoms. The molecule has 0 unspecified atom stereocenters. The van der Waals surface area contributed by atoms with Gasteiger partial charge >= 0.3 is 6.03 Å². The lowest BCUT2D eigenvalue weighted by atomic mass is 10.1. The molecule has 0 aliphatic heterocycles. The number of hydrogen-bond donors (Lipinski definition) is 2. The van der Waals surface area contributed by atoms with Crippen molar-refractivity contribution in [1.82, 2.24) is 15.6 Å². The smallest absolute Gasteiger partial charge is 0.314 e. The lowest BCUT2D eigenvalue weighted by molar-refractivity contribution is 0.238. The largest absolute Gasteiger partial charge is 0.445 e. The van der Waals surface area contributed by atoms with Crippen molar-refractivity contribution in [1.29, 1.82) is 0 Å². The lowest BCUT2D eigenvalue weighted by Crippen LogP contribution is -2.40. The molecule has 0 spiro atoms. The average molecular weight is 287 g/mol. The van der Waals surface area contributed by atoms with Gasteiger partial charge in [-0.2, -0.15) is 0 Å². The van der Waals surface area contributed by atoms with Gasteiger partial charge in [-0.25, -0.2) is 9.78 Å². The van der Waals surface area contributed by atoms with E-state index in [1.165, 1.54) is 0 Å². The molecule has 2 N–H and O–H groups in total. The van der Waals surface area contributed by atoms with Crippen LogP contribution >= 0.6 is 0 Å².